The molecule has 0 saturated heterocycles. The maximum atomic E-state index is 11.3. The van der Waals surface area contributed by atoms with Gasteiger partial charge >= 0.3 is 0 Å². The Kier molecular flexibility index (Phi) is 2.83. The zero-order valence-corrected chi connectivity index (χ0v) is 10.7. The van der Waals surface area contributed by atoms with E-state index in [9.17, 15) is 4.79 Å². The monoisotopic (exact) mass is 251 g/mol. The first-order valence-corrected chi connectivity index (χ1v) is 5.71. The Labute approximate surface area is 105 Å². The lowest BCUT2D eigenvalue weighted by Gasteiger charge is -2.30. The van der Waals surface area contributed by atoms with E-state index in [2.05, 4.69) is 10.4 Å². The zero-order valence-electron chi connectivity index (χ0n) is 9.99. The van der Waals surface area contributed by atoms with E-state index in [1.165, 1.54) is 6.92 Å². The van der Waals surface area contributed by atoms with Crippen LogP contribution in [-0.4, -0.2) is 17.3 Å². The topological polar surface area (TPSA) is 44.7 Å². The first-order valence-electron chi connectivity index (χ1n) is 5.33. The number of Topliss-reactive ketones (excluding diaryl/α,β-unsaturated/α-hetero) is 1. The highest BCUT2D eigenvalue weighted by Crippen LogP contribution is 2.27. The van der Waals surface area contributed by atoms with Crippen LogP contribution in [0.1, 0.15) is 20.8 Å². The fraction of sp³-hybridized carbons (Fsp3) is 0.333. The van der Waals surface area contributed by atoms with Gasteiger partial charge in [-0.1, -0.05) is 11.6 Å². The lowest BCUT2D eigenvalue weighted by molar-refractivity contribution is -0.111. The molecule has 1 aliphatic rings. The molecule has 0 aliphatic carbocycles. The lowest BCUT2D eigenvalue weighted by Crippen LogP contribution is -2.47. The average molecular weight is 252 g/mol. The Morgan fingerprint density at radius 1 is 1.35 bits per heavy atom. The van der Waals surface area contributed by atoms with E-state index in [0.29, 0.717) is 10.9 Å². The van der Waals surface area contributed by atoms with E-state index in [1.54, 1.807) is 12.1 Å². The van der Waals surface area contributed by atoms with Crippen molar-refractivity contribution in [2.45, 2.75) is 26.4 Å². The summed E-state index contributed by atoms with van der Waals surface area (Å²) < 4.78 is 0. The second-order valence-corrected chi connectivity index (χ2v) is 4.87. The van der Waals surface area contributed by atoms with E-state index in [4.69, 9.17) is 11.6 Å². The molecule has 0 atom stereocenters. The molecule has 4 nitrogen and oxygen atoms in total. The van der Waals surface area contributed by atoms with Gasteiger partial charge in [-0.2, -0.15) is 0 Å². The maximum Gasteiger partial charge on any atom is 0.196 e. The number of aliphatic imine (C=N–C) groups is 1. The molecule has 1 heterocycles. The molecule has 2 rings (SSSR count). The largest absolute Gasteiger partial charge is 0.291 e. The molecule has 0 spiro atoms. The molecule has 0 bridgehead atoms. The number of hydrogen-bond acceptors (Lipinski definition) is 4. The Bertz CT molecular complexity index is 479. The van der Waals surface area contributed by atoms with E-state index in [-0.39, 0.29) is 5.78 Å². The minimum Gasteiger partial charge on any atom is -0.291 e. The zero-order chi connectivity index (χ0) is 12.6. The van der Waals surface area contributed by atoms with E-state index >= 15 is 0 Å². The second kappa shape index (κ2) is 4.04. The van der Waals surface area contributed by atoms with Crippen LogP contribution in [0.2, 0.25) is 5.02 Å². The van der Waals surface area contributed by atoms with Gasteiger partial charge in [0.15, 0.2) is 11.6 Å². The number of hydrogen-bond donors (Lipinski definition) is 1. The number of carbonyl (C=O) groups is 1. The Morgan fingerprint density at radius 3 is 2.41 bits per heavy atom. The third-order valence-corrected chi connectivity index (χ3v) is 2.82. The highest BCUT2D eigenvalue weighted by Gasteiger charge is 2.34. The summed E-state index contributed by atoms with van der Waals surface area (Å²) in [5.41, 5.74) is 3.43. The third kappa shape index (κ3) is 2.26. The lowest BCUT2D eigenvalue weighted by atomic mass is 10.2. The number of anilines is 1. The number of benzene rings is 1. The van der Waals surface area contributed by atoms with Gasteiger partial charge < -0.3 is 0 Å². The van der Waals surface area contributed by atoms with Crippen LogP contribution < -0.4 is 10.4 Å². The fourth-order valence-electron chi connectivity index (χ4n) is 1.72. The summed E-state index contributed by atoms with van der Waals surface area (Å²) in [5.74, 6) is 0.305. The van der Waals surface area contributed by atoms with E-state index < -0.39 is 5.66 Å². The summed E-state index contributed by atoms with van der Waals surface area (Å²) in [6.45, 7) is 5.36. The molecule has 0 aromatic heterocycles. The first kappa shape index (κ1) is 11.9. The molecule has 0 saturated carbocycles. The van der Waals surface area contributed by atoms with Crippen LogP contribution in [0.15, 0.2) is 29.3 Å². The van der Waals surface area contributed by atoms with Crippen molar-refractivity contribution in [1.29, 1.82) is 0 Å². The predicted molar refractivity (Wildman–Crippen MR) is 69.3 cm³/mol. The van der Waals surface area contributed by atoms with Gasteiger partial charge in [0.2, 0.25) is 0 Å². The Hall–Kier alpha value is -1.55. The summed E-state index contributed by atoms with van der Waals surface area (Å²) in [4.78, 5) is 15.7. The third-order valence-electron chi connectivity index (χ3n) is 2.57. The van der Waals surface area contributed by atoms with Crippen LogP contribution in [0.3, 0.4) is 0 Å². The van der Waals surface area contributed by atoms with Crippen LogP contribution in [0, 0.1) is 0 Å². The SMILES string of the molecule is CC(=O)C1=NC(C)(C)N(c2ccc(Cl)cc2)N1. The van der Waals surface area contributed by atoms with Crippen LogP contribution in [-0.2, 0) is 4.79 Å². The standard InChI is InChI=1S/C12H14ClN3O/c1-8(17)11-14-12(2,3)16(15-11)10-6-4-9(13)5-7-10/h4-7H,1-3H3,(H,14,15). The number of hydrazine groups is 1. The second-order valence-electron chi connectivity index (χ2n) is 4.43. The van der Waals surface area contributed by atoms with Crippen molar-refractivity contribution in [1.82, 2.24) is 5.43 Å². The van der Waals surface area contributed by atoms with Gasteiger partial charge in [-0.25, -0.2) is 4.99 Å². The molecular weight excluding hydrogens is 238 g/mol. The van der Waals surface area contributed by atoms with Gasteiger partial charge in [0.05, 0.1) is 5.69 Å². The highest BCUT2D eigenvalue weighted by molar-refractivity contribution is 6.38. The van der Waals surface area contributed by atoms with Gasteiger partial charge in [0.25, 0.3) is 0 Å². The van der Waals surface area contributed by atoms with Crippen molar-refractivity contribution in [2.24, 2.45) is 4.99 Å². The van der Waals surface area contributed by atoms with Crippen molar-refractivity contribution in [3.63, 3.8) is 0 Å². The summed E-state index contributed by atoms with van der Waals surface area (Å²) in [6.07, 6.45) is 0. The number of rotatable bonds is 2. The average Bonchev–Trinajstić information content (AvgIpc) is 2.56. The van der Waals surface area contributed by atoms with E-state index in [1.807, 2.05) is 31.0 Å². The minimum atomic E-state index is -0.491. The van der Waals surface area contributed by atoms with Crippen LogP contribution in [0.25, 0.3) is 0 Å². The summed E-state index contributed by atoms with van der Waals surface area (Å²) in [7, 11) is 0. The fourth-order valence-corrected chi connectivity index (χ4v) is 1.85. The number of halogens is 1. The maximum absolute atomic E-state index is 11.3. The first-order chi connectivity index (χ1) is 7.90. The summed E-state index contributed by atoms with van der Waals surface area (Å²) in [5, 5.41) is 2.53. The number of carbonyl (C=O) groups excluding carboxylic acids is 1. The van der Waals surface area contributed by atoms with Gasteiger partial charge in [-0.3, -0.25) is 15.2 Å². The predicted octanol–water partition coefficient (Wildman–Crippen LogP) is 2.39. The van der Waals surface area contributed by atoms with Gasteiger partial charge in [-0.05, 0) is 38.1 Å². The molecule has 1 aliphatic heterocycles. The van der Waals surface area contributed by atoms with Crippen molar-refractivity contribution in [2.75, 3.05) is 5.01 Å². The molecule has 0 fully saturated rings. The summed E-state index contributed by atoms with van der Waals surface area (Å²) >= 11 is 5.85. The van der Waals surface area contributed by atoms with Crippen LogP contribution in [0.5, 0.6) is 0 Å². The molecule has 0 amide bonds. The molecule has 17 heavy (non-hydrogen) atoms. The Morgan fingerprint density at radius 2 is 1.94 bits per heavy atom. The number of ketones is 1. The van der Waals surface area contributed by atoms with Crippen molar-refractivity contribution in [3.05, 3.63) is 29.3 Å². The number of nitrogens with zero attached hydrogens (tertiary/aromatic N) is 2. The molecule has 0 unspecified atom stereocenters. The van der Waals surface area contributed by atoms with Crippen LogP contribution in [0.4, 0.5) is 5.69 Å². The molecule has 5 heteroatoms. The van der Waals surface area contributed by atoms with Gasteiger partial charge in [-0.15, -0.1) is 0 Å². The van der Waals surface area contributed by atoms with Crippen LogP contribution >= 0.6 is 11.6 Å². The molecule has 1 N–H and O–H groups in total. The van der Waals surface area contributed by atoms with Crippen molar-refractivity contribution >= 4 is 28.9 Å². The molecule has 0 radical (unpaired) electrons. The minimum absolute atomic E-state index is 0.0745. The van der Waals surface area contributed by atoms with E-state index in [0.717, 1.165) is 5.69 Å². The quantitative estimate of drug-likeness (QED) is 0.878. The molecule has 1 aromatic carbocycles. The molecule has 90 valence electrons. The summed E-state index contributed by atoms with van der Waals surface area (Å²) in [6, 6.07) is 7.38. The smallest absolute Gasteiger partial charge is 0.196 e. The van der Waals surface area contributed by atoms with Gasteiger partial charge in [0.1, 0.15) is 5.66 Å². The van der Waals surface area contributed by atoms with Crippen molar-refractivity contribution < 1.29 is 4.79 Å². The normalized spacial score (nSPS) is 17.6. The molecule has 1 aromatic rings. The Balaban J connectivity index is 2.31. The number of nitrogens with one attached hydrogen (secondary N) is 1. The highest BCUT2D eigenvalue weighted by atomic mass is 35.5. The van der Waals surface area contributed by atoms with Gasteiger partial charge in [0, 0.05) is 11.9 Å². The molecular formula is C12H14ClN3O. The number of amidine groups is 1. The van der Waals surface area contributed by atoms with Crippen molar-refractivity contribution in [3.8, 4) is 0 Å².